The van der Waals surface area contributed by atoms with E-state index in [1.165, 1.54) is 0 Å². The maximum absolute atomic E-state index is 12.1. The fourth-order valence-electron chi connectivity index (χ4n) is 2.76. The van der Waals surface area contributed by atoms with Gasteiger partial charge in [0.05, 0.1) is 12.7 Å². The monoisotopic (exact) mass is 337 g/mol. The number of esters is 1. The van der Waals surface area contributed by atoms with Gasteiger partial charge in [0.25, 0.3) is 0 Å². The van der Waals surface area contributed by atoms with Crippen molar-refractivity contribution in [1.29, 1.82) is 0 Å². The Kier molecular flexibility index (Phi) is 6.69. The highest BCUT2D eigenvalue weighted by Gasteiger charge is 2.43. The van der Waals surface area contributed by atoms with Crippen LogP contribution >= 0.6 is 0 Å². The Morgan fingerprint density at radius 1 is 1.38 bits per heavy atom. The van der Waals surface area contributed by atoms with Gasteiger partial charge in [-0.1, -0.05) is 30.3 Å². The molecule has 7 nitrogen and oxygen atoms in total. The summed E-state index contributed by atoms with van der Waals surface area (Å²) in [6, 6.07) is 7.06. The quantitative estimate of drug-likeness (QED) is 0.432. The van der Waals surface area contributed by atoms with Crippen LogP contribution in [-0.2, 0) is 19.0 Å². The maximum atomic E-state index is 12.1. The summed E-state index contributed by atoms with van der Waals surface area (Å²) in [5.74, 6) is -0.903. The van der Waals surface area contributed by atoms with E-state index in [0.717, 1.165) is 12.8 Å². The molecule has 0 spiro atoms. The third-order valence-corrected chi connectivity index (χ3v) is 3.90. The highest BCUT2D eigenvalue weighted by molar-refractivity contribution is 5.75. The molecular formula is C17H23NO6. The van der Waals surface area contributed by atoms with Crippen LogP contribution in [0.2, 0.25) is 0 Å². The van der Waals surface area contributed by atoms with Gasteiger partial charge < -0.3 is 14.2 Å². The highest BCUT2D eigenvalue weighted by atomic mass is 16.7. The topological polar surface area (TPSA) is 87.9 Å². The number of hydrogen-bond donors (Lipinski definition) is 0. The van der Waals surface area contributed by atoms with Gasteiger partial charge in [0, 0.05) is 4.92 Å². The van der Waals surface area contributed by atoms with E-state index in [9.17, 15) is 14.9 Å². The molecule has 24 heavy (non-hydrogen) atoms. The number of benzene rings is 1. The van der Waals surface area contributed by atoms with E-state index in [1.54, 1.807) is 37.3 Å². The summed E-state index contributed by atoms with van der Waals surface area (Å²) in [4.78, 5) is 23.0. The molecule has 0 radical (unpaired) electrons. The van der Waals surface area contributed by atoms with Crippen molar-refractivity contribution in [3.63, 3.8) is 0 Å². The fourth-order valence-corrected chi connectivity index (χ4v) is 2.76. The summed E-state index contributed by atoms with van der Waals surface area (Å²) in [5.41, 5.74) is 0.550. The Hall–Kier alpha value is -1.99. The molecule has 4 atom stereocenters. The van der Waals surface area contributed by atoms with E-state index in [0.29, 0.717) is 12.0 Å². The van der Waals surface area contributed by atoms with Crippen LogP contribution in [0.4, 0.5) is 0 Å². The van der Waals surface area contributed by atoms with Crippen molar-refractivity contribution < 1.29 is 23.9 Å². The van der Waals surface area contributed by atoms with E-state index in [4.69, 9.17) is 14.2 Å². The summed E-state index contributed by atoms with van der Waals surface area (Å²) in [7, 11) is 0. The standard InChI is InChI=1S/C17H23NO6/c1-3-22-17(19)15(18(20)21)16(13-9-5-4-6-10-13)24-14-11-7-8-12(2)23-14/h4-6,9-10,12,14-16H,3,7-8,11H2,1-2H3/t12-,14+,15-,16+/m0/s1. The van der Waals surface area contributed by atoms with Gasteiger partial charge in [-0.2, -0.15) is 0 Å². The van der Waals surface area contributed by atoms with Gasteiger partial charge in [-0.25, -0.2) is 4.79 Å². The first-order chi connectivity index (χ1) is 11.5. The lowest BCUT2D eigenvalue weighted by Crippen LogP contribution is -2.41. The largest absolute Gasteiger partial charge is 0.461 e. The van der Waals surface area contributed by atoms with Gasteiger partial charge in [0.1, 0.15) is 0 Å². The molecule has 1 aliphatic rings. The second kappa shape index (κ2) is 8.75. The number of carbonyl (C=O) groups excluding carboxylic acids is 1. The average molecular weight is 337 g/mol. The van der Waals surface area contributed by atoms with Crippen molar-refractivity contribution in [1.82, 2.24) is 0 Å². The second-order valence-electron chi connectivity index (χ2n) is 5.76. The van der Waals surface area contributed by atoms with Crippen LogP contribution < -0.4 is 0 Å². The molecule has 132 valence electrons. The summed E-state index contributed by atoms with van der Waals surface area (Å²) < 4.78 is 16.5. The first-order valence-corrected chi connectivity index (χ1v) is 8.19. The number of ether oxygens (including phenoxy) is 3. The Labute approximate surface area is 141 Å². The summed E-state index contributed by atoms with van der Waals surface area (Å²) in [6.45, 7) is 3.62. The van der Waals surface area contributed by atoms with Crippen LogP contribution in [0.25, 0.3) is 0 Å². The third kappa shape index (κ3) is 4.75. The molecule has 1 heterocycles. The smallest absolute Gasteiger partial charge is 0.384 e. The Bertz CT molecular complexity index is 549. The molecule has 0 unspecified atom stereocenters. The number of carbonyl (C=O) groups is 1. The first kappa shape index (κ1) is 18.4. The SMILES string of the molecule is CCOC(=O)[C@H]([C@H](O[C@@H]1CCC[C@H](C)O1)c1ccccc1)[N+](=O)[O-]. The summed E-state index contributed by atoms with van der Waals surface area (Å²) in [6.07, 6.45) is 0.867. The Balaban J connectivity index is 2.27. The van der Waals surface area contributed by atoms with Gasteiger partial charge in [-0.15, -0.1) is 0 Å². The van der Waals surface area contributed by atoms with Crippen molar-refractivity contribution >= 4 is 5.97 Å². The number of nitro groups is 1. The van der Waals surface area contributed by atoms with Crippen molar-refractivity contribution in [2.75, 3.05) is 6.61 Å². The lowest BCUT2D eigenvalue weighted by Gasteiger charge is -2.31. The zero-order valence-corrected chi connectivity index (χ0v) is 13.9. The van der Waals surface area contributed by atoms with Gasteiger partial charge >= 0.3 is 12.0 Å². The second-order valence-corrected chi connectivity index (χ2v) is 5.76. The zero-order chi connectivity index (χ0) is 17.5. The summed E-state index contributed by atoms with van der Waals surface area (Å²) in [5, 5.41) is 11.5. The zero-order valence-electron chi connectivity index (χ0n) is 13.9. The summed E-state index contributed by atoms with van der Waals surface area (Å²) >= 11 is 0. The van der Waals surface area contributed by atoms with Crippen LogP contribution in [-0.4, -0.2) is 35.9 Å². The Morgan fingerprint density at radius 2 is 2.08 bits per heavy atom. The molecule has 1 saturated heterocycles. The van der Waals surface area contributed by atoms with E-state index in [-0.39, 0.29) is 12.7 Å². The molecule has 0 amide bonds. The minimum atomic E-state index is -1.63. The van der Waals surface area contributed by atoms with Crippen LogP contribution in [0.5, 0.6) is 0 Å². The maximum Gasteiger partial charge on any atom is 0.384 e. The molecule has 1 aromatic rings. The Morgan fingerprint density at radius 3 is 2.67 bits per heavy atom. The molecule has 1 aromatic carbocycles. The molecule has 1 fully saturated rings. The molecular weight excluding hydrogens is 314 g/mol. The lowest BCUT2D eigenvalue weighted by molar-refractivity contribution is -0.527. The van der Waals surface area contributed by atoms with E-state index >= 15 is 0 Å². The minimum absolute atomic E-state index is 0.0248. The van der Waals surface area contributed by atoms with Gasteiger partial charge in [0.15, 0.2) is 12.4 Å². The predicted octanol–water partition coefficient (Wildman–Crippen LogP) is 2.87. The molecule has 2 rings (SSSR count). The molecule has 0 bridgehead atoms. The van der Waals surface area contributed by atoms with E-state index in [1.807, 2.05) is 6.92 Å². The van der Waals surface area contributed by atoms with Crippen molar-refractivity contribution in [2.45, 2.75) is 57.6 Å². The molecule has 0 N–H and O–H groups in total. The molecule has 0 saturated carbocycles. The van der Waals surface area contributed by atoms with Gasteiger partial charge in [-0.05, 0) is 38.7 Å². The normalized spacial score (nSPS) is 23.2. The molecule has 1 aliphatic heterocycles. The van der Waals surface area contributed by atoms with Gasteiger partial charge in [0.2, 0.25) is 0 Å². The molecule has 0 aliphatic carbocycles. The fraction of sp³-hybridized carbons (Fsp3) is 0.588. The van der Waals surface area contributed by atoms with Crippen LogP contribution in [0.1, 0.15) is 44.8 Å². The predicted molar refractivity (Wildman–Crippen MR) is 85.9 cm³/mol. The van der Waals surface area contributed by atoms with Crippen LogP contribution in [0.15, 0.2) is 30.3 Å². The molecule has 7 heteroatoms. The number of nitrogens with zero attached hydrogens (tertiary/aromatic N) is 1. The van der Waals surface area contributed by atoms with Crippen molar-refractivity contribution in [3.8, 4) is 0 Å². The van der Waals surface area contributed by atoms with Crippen molar-refractivity contribution in [3.05, 3.63) is 46.0 Å². The van der Waals surface area contributed by atoms with E-state index in [2.05, 4.69) is 0 Å². The van der Waals surface area contributed by atoms with Crippen LogP contribution in [0, 0.1) is 10.1 Å². The number of rotatable bonds is 7. The average Bonchev–Trinajstić information content (AvgIpc) is 2.55. The minimum Gasteiger partial charge on any atom is -0.461 e. The van der Waals surface area contributed by atoms with Crippen molar-refractivity contribution in [2.24, 2.45) is 0 Å². The first-order valence-electron chi connectivity index (χ1n) is 8.19. The highest BCUT2D eigenvalue weighted by Crippen LogP contribution is 2.30. The third-order valence-electron chi connectivity index (χ3n) is 3.90. The van der Waals surface area contributed by atoms with Gasteiger partial charge in [-0.3, -0.25) is 10.1 Å². The molecule has 0 aromatic heterocycles. The van der Waals surface area contributed by atoms with Crippen LogP contribution in [0.3, 0.4) is 0 Å². The lowest BCUT2D eigenvalue weighted by atomic mass is 10.0. The van der Waals surface area contributed by atoms with E-state index < -0.39 is 29.3 Å². The number of hydrogen-bond acceptors (Lipinski definition) is 6.